The van der Waals surface area contributed by atoms with Crippen LogP contribution in [0.1, 0.15) is 37.4 Å². The van der Waals surface area contributed by atoms with E-state index < -0.39 is 0 Å². The molecule has 0 unspecified atom stereocenters. The molecule has 0 spiro atoms. The van der Waals surface area contributed by atoms with E-state index in [1.54, 1.807) is 13.0 Å². The molecule has 0 aliphatic carbocycles. The molecule has 3 aromatic rings. The maximum absolute atomic E-state index is 13.2. The largest absolute Gasteiger partial charge is 0.306 e. The van der Waals surface area contributed by atoms with Gasteiger partial charge in [0.15, 0.2) is 0 Å². The quantitative estimate of drug-likeness (QED) is 0.524. The molecular formula is C27H26N2O2. The van der Waals surface area contributed by atoms with Crippen molar-refractivity contribution < 1.29 is 9.59 Å². The summed E-state index contributed by atoms with van der Waals surface area (Å²) >= 11 is 0. The highest BCUT2D eigenvalue weighted by Crippen LogP contribution is 2.42. The van der Waals surface area contributed by atoms with Gasteiger partial charge in [0.2, 0.25) is 5.91 Å². The van der Waals surface area contributed by atoms with Gasteiger partial charge in [0.05, 0.1) is 6.04 Å². The van der Waals surface area contributed by atoms with Crippen molar-refractivity contribution in [3.8, 4) is 0 Å². The standard InChI is InChI=1S/C27H26N2O2/c1-20-19-26(29(21(2)30)23-13-7-4-8-14-23)24-15-9-10-16-25(24)28(20)27(31)18-17-22-11-5-3-6-12-22/h3-18,20,26H,19H2,1-2H3/b18-17+/t20-,26-/m1/s1. The molecule has 4 rings (SSSR count). The van der Waals surface area contributed by atoms with E-state index in [9.17, 15) is 9.59 Å². The monoisotopic (exact) mass is 410 g/mol. The molecule has 0 aromatic heterocycles. The van der Waals surface area contributed by atoms with Crippen LogP contribution in [0.4, 0.5) is 11.4 Å². The van der Waals surface area contributed by atoms with Crippen LogP contribution in [0.5, 0.6) is 0 Å². The Kier molecular flexibility index (Phi) is 5.99. The second kappa shape index (κ2) is 9.00. The van der Waals surface area contributed by atoms with Crippen molar-refractivity contribution in [3.63, 3.8) is 0 Å². The van der Waals surface area contributed by atoms with Crippen LogP contribution in [0.25, 0.3) is 6.08 Å². The van der Waals surface area contributed by atoms with Gasteiger partial charge in [0.25, 0.3) is 5.91 Å². The van der Waals surface area contributed by atoms with Crippen LogP contribution in [0.15, 0.2) is 91.0 Å². The number of hydrogen-bond acceptors (Lipinski definition) is 2. The molecule has 2 atom stereocenters. The fraction of sp³-hybridized carbons (Fsp3) is 0.185. The Labute approximate surface area is 183 Å². The molecule has 3 aromatic carbocycles. The zero-order valence-corrected chi connectivity index (χ0v) is 17.8. The summed E-state index contributed by atoms with van der Waals surface area (Å²) in [7, 11) is 0. The molecule has 2 amide bonds. The molecule has 1 heterocycles. The molecule has 0 fully saturated rings. The first-order valence-electron chi connectivity index (χ1n) is 10.6. The number of rotatable bonds is 4. The fourth-order valence-electron chi connectivity index (χ4n) is 4.34. The molecule has 0 bridgehead atoms. The minimum atomic E-state index is -0.131. The third kappa shape index (κ3) is 4.29. The molecule has 0 radical (unpaired) electrons. The van der Waals surface area contributed by atoms with Crippen LogP contribution in [0.3, 0.4) is 0 Å². The first kappa shape index (κ1) is 20.6. The summed E-state index contributed by atoms with van der Waals surface area (Å²) in [5.41, 5.74) is 3.70. The van der Waals surface area contributed by atoms with Gasteiger partial charge >= 0.3 is 0 Å². The molecule has 0 saturated carbocycles. The topological polar surface area (TPSA) is 40.6 Å². The highest BCUT2D eigenvalue weighted by molar-refractivity contribution is 6.05. The molecular weight excluding hydrogens is 384 g/mol. The first-order valence-corrected chi connectivity index (χ1v) is 10.6. The lowest BCUT2D eigenvalue weighted by molar-refractivity contribution is -0.117. The molecule has 4 heteroatoms. The Bertz CT molecular complexity index is 1090. The van der Waals surface area contributed by atoms with Crippen LogP contribution in [0, 0.1) is 0 Å². The molecule has 1 aliphatic rings. The summed E-state index contributed by atoms with van der Waals surface area (Å²) < 4.78 is 0. The first-order chi connectivity index (χ1) is 15.1. The number of carbonyl (C=O) groups excluding carboxylic acids is 2. The second-order valence-corrected chi connectivity index (χ2v) is 7.84. The van der Waals surface area contributed by atoms with E-state index in [4.69, 9.17) is 0 Å². The zero-order chi connectivity index (χ0) is 21.8. The lowest BCUT2D eigenvalue weighted by Gasteiger charge is -2.43. The van der Waals surface area contributed by atoms with Crippen molar-refractivity contribution in [1.29, 1.82) is 0 Å². The SMILES string of the molecule is CC(=O)N(c1ccccc1)[C@@H]1C[C@@H](C)N(C(=O)/C=C/c2ccccc2)c2ccccc21. The van der Waals surface area contributed by atoms with Gasteiger partial charge in [0, 0.05) is 30.4 Å². The van der Waals surface area contributed by atoms with Crippen LogP contribution in [-0.2, 0) is 9.59 Å². The van der Waals surface area contributed by atoms with Gasteiger partial charge in [-0.05, 0) is 48.7 Å². The number of benzene rings is 3. The summed E-state index contributed by atoms with van der Waals surface area (Å²) in [6, 6.07) is 27.2. The van der Waals surface area contributed by atoms with Gasteiger partial charge in [-0.2, -0.15) is 0 Å². The minimum Gasteiger partial charge on any atom is -0.306 e. The van der Waals surface area contributed by atoms with Crippen LogP contribution >= 0.6 is 0 Å². The maximum atomic E-state index is 13.2. The van der Waals surface area contributed by atoms with Crippen molar-refractivity contribution in [2.45, 2.75) is 32.4 Å². The second-order valence-electron chi connectivity index (χ2n) is 7.84. The fourth-order valence-corrected chi connectivity index (χ4v) is 4.34. The van der Waals surface area contributed by atoms with Gasteiger partial charge < -0.3 is 9.80 Å². The van der Waals surface area contributed by atoms with Crippen molar-refractivity contribution >= 4 is 29.3 Å². The van der Waals surface area contributed by atoms with Crippen molar-refractivity contribution in [1.82, 2.24) is 0 Å². The van der Waals surface area contributed by atoms with Gasteiger partial charge in [-0.25, -0.2) is 0 Å². The normalized spacial score (nSPS) is 17.9. The summed E-state index contributed by atoms with van der Waals surface area (Å²) in [6.07, 6.45) is 4.13. The Morgan fingerprint density at radius 1 is 0.903 bits per heavy atom. The van der Waals surface area contributed by atoms with Gasteiger partial charge in [-0.15, -0.1) is 0 Å². The summed E-state index contributed by atoms with van der Waals surface area (Å²) in [5, 5.41) is 0. The Morgan fingerprint density at radius 2 is 1.52 bits per heavy atom. The molecule has 31 heavy (non-hydrogen) atoms. The van der Waals surface area contributed by atoms with E-state index in [2.05, 4.69) is 0 Å². The third-order valence-corrected chi connectivity index (χ3v) is 5.70. The van der Waals surface area contributed by atoms with E-state index in [-0.39, 0.29) is 23.9 Å². The molecule has 0 saturated heterocycles. The smallest absolute Gasteiger partial charge is 0.251 e. The lowest BCUT2D eigenvalue weighted by Crippen LogP contribution is -2.47. The van der Waals surface area contributed by atoms with Crippen molar-refractivity contribution in [2.75, 3.05) is 9.80 Å². The highest BCUT2D eigenvalue weighted by Gasteiger charge is 2.37. The van der Waals surface area contributed by atoms with Crippen molar-refractivity contribution in [3.05, 3.63) is 102 Å². The Balaban J connectivity index is 1.70. The van der Waals surface area contributed by atoms with E-state index in [1.807, 2.05) is 108 Å². The maximum Gasteiger partial charge on any atom is 0.251 e. The summed E-state index contributed by atoms with van der Waals surface area (Å²) in [6.45, 7) is 3.64. The Hall–Kier alpha value is -3.66. The number of fused-ring (bicyclic) bond motifs is 1. The van der Waals surface area contributed by atoms with Gasteiger partial charge in [-0.3, -0.25) is 9.59 Å². The van der Waals surface area contributed by atoms with Gasteiger partial charge in [-0.1, -0.05) is 66.7 Å². The predicted octanol–water partition coefficient (Wildman–Crippen LogP) is 5.62. The van der Waals surface area contributed by atoms with Crippen LogP contribution in [0.2, 0.25) is 0 Å². The number of amides is 2. The Morgan fingerprint density at radius 3 is 2.19 bits per heavy atom. The van der Waals surface area contributed by atoms with E-state index in [0.717, 1.165) is 22.5 Å². The predicted molar refractivity (Wildman–Crippen MR) is 126 cm³/mol. The van der Waals surface area contributed by atoms with Crippen molar-refractivity contribution in [2.24, 2.45) is 0 Å². The lowest BCUT2D eigenvalue weighted by atomic mass is 9.89. The van der Waals surface area contributed by atoms with Gasteiger partial charge in [0.1, 0.15) is 0 Å². The summed E-state index contributed by atoms with van der Waals surface area (Å²) in [4.78, 5) is 29.5. The third-order valence-electron chi connectivity index (χ3n) is 5.70. The van der Waals surface area contributed by atoms with E-state index >= 15 is 0 Å². The minimum absolute atomic E-state index is 0.0121. The number of carbonyl (C=O) groups is 2. The van der Waals surface area contributed by atoms with Crippen LogP contribution in [-0.4, -0.2) is 17.9 Å². The molecule has 156 valence electrons. The summed E-state index contributed by atoms with van der Waals surface area (Å²) in [5.74, 6) is -0.0710. The number of anilines is 2. The molecule has 0 N–H and O–H groups in total. The van der Waals surface area contributed by atoms with E-state index in [1.165, 1.54) is 0 Å². The van der Waals surface area contributed by atoms with Crippen LogP contribution < -0.4 is 9.80 Å². The zero-order valence-electron chi connectivity index (χ0n) is 17.8. The number of para-hydroxylation sites is 2. The average molecular weight is 411 g/mol. The average Bonchev–Trinajstić information content (AvgIpc) is 2.79. The molecule has 4 nitrogen and oxygen atoms in total. The number of nitrogens with zero attached hydrogens (tertiary/aromatic N) is 2. The van der Waals surface area contributed by atoms with E-state index in [0.29, 0.717) is 6.42 Å². The molecule has 1 aliphatic heterocycles. The number of hydrogen-bond donors (Lipinski definition) is 0. The highest BCUT2D eigenvalue weighted by atomic mass is 16.2.